The minimum Gasteiger partial charge on any atom is -0.444 e. The summed E-state index contributed by atoms with van der Waals surface area (Å²) in [5.41, 5.74) is 1.51. The van der Waals surface area contributed by atoms with Crippen molar-refractivity contribution in [2.75, 3.05) is 5.32 Å². The van der Waals surface area contributed by atoms with Crippen molar-refractivity contribution >= 4 is 11.9 Å². The summed E-state index contributed by atoms with van der Waals surface area (Å²) in [4.78, 5) is 15.8. The zero-order valence-corrected chi connectivity index (χ0v) is 13.1. The number of nitrogens with one attached hydrogen (secondary N) is 1. The summed E-state index contributed by atoms with van der Waals surface area (Å²) >= 11 is 0. The summed E-state index contributed by atoms with van der Waals surface area (Å²) in [6, 6.07) is 8.34. The van der Waals surface area contributed by atoms with Gasteiger partial charge < -0.3 is 4.74 Å². The van der Waals surface area contributed by atoms with Crippen LogP contribution in [-0.2, 0) is 4.74 Å². The van der Waals surface area contributed by atoms with E-state index < -0.39 is 11.7 Å². The van der Waals surface area contributed by atoms with Crippen LogP contribution in [0.4, 0.5) is 15.0 Å². The molecular weight excluding hydrogens is 283 g/mol. The Morgan fingerprint density at radius 1 is 1.27 bits per heavy atom. The van der Waals surface area contributed by atoms with E-state index in [9.17, 15) is 9.18 Å². The highest BCUT2D eigenvalue weighted by Crippen LogP contribution is 2.26. The van der Waals surface area contributed by atoms with E-state index >= 15 is 0 Å². The lowest BCUT2D eigenvalue weighted by Crippen LogP contribution is -2.27. The monoisotopic (exact) mass is 302 g/mol. The summed E-state index contributed by atoms with van der Waals surface area (Å²) in [5, 5.41) is 2.58. The van der Waals surface area contributed by atoms with Gasteiger partial charge in [0.2, 0.25) is 0 Å². The van der Waals surface area contributed by atoms with Gasteiger partial charge in [0.1, 0.15) is 17.2 Å². The van der Waals surface area contributed by atoms with E-state index in [1.807, 2.05) is 6.07 Å². The molecule has 116 valence electrons. The third-order valence-corrected chi connectivity index (χ3v) is 2.97. The van der Waals surface area contributed by atoms with Crippen LogP contribution in [0.15, 0.2) is 36.5 Å². The van der Waals surface area contributed by atoms with Gasteiger partial charge in [-0.05, 0) is 62.6 Å². The number of halogens is 1. The molecule has 22 heavy (non-hydrogen) atoms. The number of ether oxygens (including phenoxy) is 1. The summed E-state index contributed by atoms with van der Waals surface area (Å²) in [5.74, 6) is 0.0892. The number of amides is 1. The number of carbonyl (C=O) groups is 1. The van der Waals surface area contributed by atoms with Gasteiger partial charge in [-0.2, -0.15) is 0 Å². The number of nitrogens with zero attached hydrogens (tertiary/aromatic N) is 1. The summed E-state index contributed by atoms with van der Waals surface area (Å²) in [6.07, 6.45) is 0.986. The van der Waals surface area contributed by atoms with E-state index in [0.717, 1.165) is 11.1 Å². The van der Waals surface area contributed by atoms with Crippen molar-refractivity contribution in [3.63, 3.8) is 0 Å². The molecule has 1 aromatic carbocycles. The lowest BCUT2D eigenvalue weighted by Gasteiger charge is -2.19. The molecule has 1 N–H and O–H groups in total. The van der Waals surface area contributed by atoms with Crippen molar-refractivity contribution in [1.29, 1.82) is 0 Å². The molecule has 5 heteroatoms. The number of pyridine rings is 1. The first-order chi connectivity index (χ1) is 10.3. The molecule has 4 nitrogen and oxygen atoms in total. The maximum Gasteiger partial charge on any atom is 0.413 e. The number of hydrogen-bond donors (Lipinski definition) is 1. The Balaban J connectivity index is 2.24. The van der Waals surface area contributed by atoms with Gasteiger partial charge in [-0.1, -0.05) is 12.1 Å². The highest BCUT2D eigenvalue weighted by Gasteiger charge is 2.16. The average Bonchev–Trinajstić information content (AvgIpc) is 2.40. The largest absolute Gasteiger partial charge is 0.444 e. The van der Waals surface area contributed by atoms with E-state index in [1.54, 1.807) is 52.1 Å². The molecule has 0 aliphatic rings. The number of carbonyl (C=O) groups excluding carboxylic acids is 1. The highest BCUT2D eigenvalue weighted by molar-refractivity contribution is 5.84. The Bertz CT molecular complexity index is 693. The first kappa shape index (κ1) is 15.9. The molecule has 1 aromatic heterocycles. The Kier molecular flexibility index (Phi) is 4.45. The molecule has 0 radical (unpaired) electrons. The normalized spacial score (nSPS) is 11.1. The first-order valence-electron chi connectivity index (χ1n) is 6.98. The fourth-order valence-electron chi connectivity index (χ4n) is 1.99. The Morgan fingerprint density at radius 3 is 2.68 bits per heavy atom. The van der Waals surface area contributed by atoms with E-state index in [0.29, 0.717) is 11.4 Å². The maximum absolute atomic E-state index is 13.7. The molecule has 1 amide bonds. The minimum absolute atomic E-state index is 0.268. The number of rotatable bonds is 2. The zero-order valence-electron chi connectivity index (χ0n) is 13.1. The van der Waals surface area contributed by atoms with Gasteiger partial charge in [-0.25, -0.2) is 14.2 Å². The second kappa shape index (κ2) is 6.13. The van der Waals surface area contributed by atoms with Gasteiger partial charge in [0.15, 0.2) is 0 Å². The Labute approximate surface area is 129 Å². The molecule has 0 bridgehead atoms. The van der Waals surface area contributed by atoms with Crippen molar-refractivity contribution in [3.8, 4) is 11.1 Å². The van der Waals surface area contributed by atoms with Crippen LogP contribution in [0, 0.1) is 12.7 Å². The Hall–Kier alpha value is -2.43. The van der Waals surface area contributed by atoms with Crippen LogP contribution in [0.1, 0.15) is 26.3 Å². The van der Waals surface area contributed by atoms with Crippen LogP contribution in [0.25, 0.3) is 11.1 Å². The number of benzene rings is 1. The van der Waals surface area contributed by atoms with Crippen LogP contribution in [0.2, 0.25) is 0 Å². The van der Waals surface area contributed by atoms with Crippen molar-refractivity contribution in [3.05, 3.63) is 47.9 Å². The van der Waals surface area contributed by atoms with E-state index in [4.69, 9.17) is 4.74 Å². The average molecular weight is 302 g/mol. The van der Waals surface area contributed by atoms with Gasteiger partial charge >= 0.3 is 6.09 Å². The van der Waals surface area contributed by atoms with Gasteiger partial charge in [0, 0.05) is 6.20 Å². The quantitative estimate of drug-likeness (QED) is 0.885. The van der Waals surface area contributed by atoms with Crippen molar-refractivity contribution < 1.29 is 13.9 Å². The third-order valence-electron chi connectivity index (χ3n) is 2.97. The lowest BCUT2D eigenvalue weighted by atomic mass is 10.0. The summed E-state index contributed by atoms with van der Waals surface area (Å²) in [7, 11) is 0. The molecule has 2 rings (SSSR count). The van der Waals surface area contributed by atoms with Crippen molar-refractivity contribution in [2.45, 2.75) is 33.3 Å². The van der Waals surface area contributed by atoms with Gasteiger partial charge in [-0.15, -0.1) is 0 Å². The zero-order chi connectivity index (χ0) is 16.3. The number of anilines is 1. The fourth-order valence-corrected chi connectivity index (χ4v) is 1.99. The molecule has 1 heterocycles. The molecule has 2 aromatic rings. The molecule has 0 aliphatic carbocycles. The topological polar surface area (TPSA) is 51.2 Å². The molecular formula is C17H19FN2O2. The van der Waals surface area contributed by atoms with Crippen LogP contribution in [0.5, 0.6) is 0 Å². The van der Waals surface area contributed by atoms with Crippen LogP contribution in [0.3, 0.4) is 0 Å². The molecule has 0 fully saturated rings. The first-order valence-corrected chi connectivity index (χ1v) is 6.98. The van der Waals surface area contributed by atoms with Crippen LogP contribution >= 0.6 is 0 Å². The van der Waals surface area contributed by atoms with Gasteiger partial charge in [0.25, 0.3) is 0 Å². The van der Waals surface area contributed by atoms with Crippen LogP contribution < -0.4 is 5.32 Å². The van der Waals surface area contributed by atoms with Gasteiger partial charge in [-0.3, -0.25) is 5.32 Å². The third kappa shape index (κ3) is 4.04. The second-order valence-electron chi connectivity index (χ2n) is 5.97. The molecule has 0 spiro atoms. The van der Waals surface area contributed by atoms with Crippen LogP contribution in [-0.4, -0.2) is 16.7 Å². The standard InChI is InChI=1S/C17H19FN2O2/c1-11-13(6-5-7-14(11)18)12-8-9-19-15(10-12)20-16(21)22-17(2,3)4/h5-10H,1-4H3,(H,19,20,21). The maximum atomic E-state index is 13.7. The fraction of sp³-hybridized carbons (Fsp3) is 0.294. The lowest BCUT2D eigenvalue weighted by molar-refractivity contribution is 0.0635. The number of hydrogen-bond acceptors (Lipinski definition) is 3. The molecule has 0 unspecified atom stereocenters. The second-order valence-corrected chi connectivity index (χ2v) is 5.97. The van der Waals surface area contributed by atoms with Crippen molar-refractivity contribution in [1.82, 2.24) is 4.98 Å². The van der Waals surface area contributed by atoms with Crippen molar-refractivity contribution in [2.24, 2.45) is 0 Å². The minimum atomic E-state index is -0.582. The summed E-state index contributed by atoms with van der Waals surface area (Å²) < 4.78 is 18.8. The summed E-state index contributed by atoms with van der Waals surface area (Å²) in [6.45, 7) is 7.07. The molecule has 0 saturated heterocycles. The van der Waals surface area contributed by atoms with E-state index in [-0.39, 0.29) is 5.82 Å². The predicted octanol–water partition coefficient (Wildman–Crippen LogP) is 4.54. The SMILES string of the molecule is Cc1c(F)cccc1-c1ccnc(NC(=O)OC(C)(C)C)c1. The molecule has 0 atom stereocenters. The van der Waals surface area contributed by atoms with Gasteiger partial charge in [0.05, 0.1) is 0 Å². The number of aromatic nitrogens is 1. The van der Waals surface area contributed by atoms with E-state index in [1.165, 1.54) is 6.07 Å². The molecule has 0 aliphatic heterocycles. The van der Waals surface area contributed by atoms with E-state index in [2.05, 4.69) is 10.3 Å². The smallest absolute Gasteiger partial charge is 0.413 e. The highest BCUT2D eigenvalue weighted by atomic mass is 19.1. The Morgan fingerprint density at radius 2 is 2.00 bits per heavy atom. The predicted molar refractivity (Wildman–Crippen MR) is 84.2 cm³/mol. The molecule has 0 saturated carbocycles.